The fraction of sp³-hybridized carbons (Fsp3) is 0.333. The number of anilines is 1. The fourth-order valence-electron chi connectivity index (χ4n) is 1.24. The number of benzene rings is 1. The molecule has 0 fully saturated rings. The molecule has 0 heterocycles. The Hall–Kier alpha value is -1.76. The number of methoxy groups -OCH3 is 1. The number of hydrogen-bond acceptors (Lipinski definition) is 3. The molecule has 0 aliphatic heterocycles. The molecule has 3 N–H and O–H groups in total. The minimum absolute atomic E-state index is 0.520. The molecule has 0 aromatic heterocycles. The number of aliphatic carboxylic acids is 1. The number of urea groups is 1. The first-order chi connectivity index (χ1) is 8.76. The SMILES string of the molecule is COc1ccc(NC(=O)NC(C)(C)C(=O)O)cc1Br. The Morgan fingerprint density at radius 1 is 1.37 bits per heavy atom. The van der Waals surface area contributed by atoms with Crippen LogP contribution in [0, 0.1) is 0 Å². The maximum Gasteiger partial charge on any atom is 0.328 e. The largest absolute Gasteiger partial charge is 0.496 e. The molecule has 0 spiro atoms. The van der Waals surface area contributed by atoms with Gasteiger partial charge in [-0.25, -0.2) is 9.59 Å². The molecule has 0 unspecified atom stereocenters. The van der Waals surface area contributed by atoms with Gasteiger partial charge in [-0.15, -0.1) is 0 Å². The lowest BCUT2D eigenvalue weighted by molar-refractivity contribution is -0.142. The Bertz CT molecular complexity index is 503. The van der Waals surface area contributed by atoms with Crippen molar-refractivity contribution in [2.75, 3.05) is 12.4 Å². The molecule has 0 aliphatic rings. The standard InChI is InChI=1S/C12H15BrN2O4/c1-12(2,10(16)17)15-11(18)14-7-4-5-9(19-3)8(13)6-7/h4-6H,1-3H3,(H,16,17)(H2,14,15,18). The lowest BCUT2D eigenvalue weighted by Gasteiger charge is -2.21. The van der Waals surface area contributed by atoms with Crippen LogP contribution in [0.3, 0.4) is 0 Å². The molecule has 0 saturated heterocycles. The van der Waals surface area contributed by atoms with Crippen molar-refractivity contribution in [3.05, 3.63) is 22.7 Å². The second kappa shape index (κ2) is 5.92. The average molecular weight is 331 g/mol. The first-order valence-corrected chi connectivity index (χ1v) is 6.21. The van der Waals surface area contributed by atoms with Crippen LogP contribution < -0.4 is 15.4 Å². The number of ether oxygens (including phenoxy) is 1. The van der Waals surface area contributed by atoms with Gasteiger partial charge in [0.15, 0.2) is 0 Å². The highest BCUT2D eigenvalue weighted by Crippen LogP contribution is 2.27. The highest BCUT2D eigenvalue weighted by molar-refractivity contribution is 9.10. The zero-order chi connectivity index (χ0) is 14.6. The van der Waals surface area contributed by atoms with E-state index in [9.17, 15) is 9.59 Å². The van der Waals surface area contributed by atoms with Gasteiger partial charge in [0.1, 0.15) is 11.3 Å². The van der Waals surface area contributed by atoms with E-state index in [1.165, 1.54) is 21.0 Å². The summed E-state index contributed by atoms with van der Waals surface area (Å²) in [5, 5.41) is 13.8. The Morgan fingerprint density at radius 2 is 2.00 bits per heavy atom. The van der Waals surface area contributed by atoms with E-state index in [2.05, 4.69) is 26.6 Å². The maximum atomic E-state index is 11.7. The first-order valence-electron chi connectivity index (χ1n) is 5.42. The third kappa shape index (κ3) is 4.13. The van der Waals surface area contributed by atoms with E-state index < -0.39 is 17.5 Å². The van der Waals surface area contributed by atoms with Crippen LogP contribution in [-0.2, 0) is 4.79 Å². The zero-order valence-electron chi connectivity index (χ0n) is 10.8. The number of halogens is 1. The van der Waals surface area contributed by atoms with E-state index in [1.807, 2.05) is 0 Å². The van der Waals surface area contributed by atoms with Crippen molar-refractivity contribution in [2.24, 2.45) is 0 Å². The second-order valence-corrected chi connectivity index (χ2v) is 5.21. The van der Waals surface area contributed by atoms with Gasteiger partial charge in [-0.3, -0.25) is 0 Å². The summed E-state index contributed by atoms with van der Waals surface area (Å²) in [4.78, 5) is 22.5. The molecular weight excluding hydrogens is 316 g/mol. The van der Waals surface area contributed by atoms with Crippen LogP contribution >= 0.6 is 15.9 Å². The molecule has 104 valence electrons. The Labute approximate surface area is 119 Å². The zero-order valence-corrected chi connectivity index (χ0v) is 12.4. The normalized spacial score (nSPS) is 10.7. The van der Waals surface area contributed by atoms with E-state index >= 15 is 0 Å². The highest BCUT2D eigenvalue weighted by atomic mass is 79.9. The first kappa shape index (κ1) is 15.3. The minimum atomic E-state index is -1.34. The maximum absolute atomic E-state index is 11.7. The summed E-state index contributed by atoms with van der Waals surface area (Å²) in [6, 6.07) is 4.40. The van der Waals surface area contributed by atoms with Gasteiger partial charge in [0, 0.05) is 5.69 Å². The van der Waals surface area contributed by atoms with Crippen LogP contribution in [0.15, 0.2) is 22.7 Å². The van der Waals surface area contributed by atoms with Gasteiger partial charge in [0.2, 0.25) is 0 Å². The molecular formula is C12H15BrN2O4. The number of carbonyl (C=O) groups excluding carboxylic acids is 1. The van der Waals surface area contributed by atoms with Gasteiger partial charge in [-0.2, -0.15) is 0 Å². The lowest BCUT2D eigenvalue weighted by atomic mass is 10.1. The summed E-state index contributed by atoms with van der Waals surface area (Å²) < 4.78 is 5.75. The van der Waals surface area contributed by atoms with E-state index in [0.717, 1.165) is 0 Å². The Morgan fingerprint density at radius 3 is 2.47 bits per heavy atom. The summed E-state index contributed by atoms with van der Waals surface area (Å²) in [5.74, 6) is -0.476. The minimum Gasteiger partial charge on any atom is -0.496 e. The number of carbonyl (C=O) groups is 2. The van der Waals surface area contributed by atoms with Gasteiger partial charge in [-0.05, 0) is 48.0 Å². The van der Waals surface area contributed by atoms with Crippen molar-refractivity contribution >= 4 is 33.6 Å². The predicted octanol–water partition coefficient (Wildman–Crippen LogP) is 2.44. The number of amides is 2. The van der Waals surface area contributed by atoms with Gasteiger partial charge < -0.3 is 20.5 Å². The fourth-order valence-corrected chi connectivity index (χ4v) is 1.78. The van der Waals surface area contributed by atoms with Gasteiger partial charge >= 0.3 is 12.0 Å². The van der Waals surface area contributed by atoms with Crippen molar-refractivity contribution in [2.45, 2.75) is 19.4 Å². The van der Waals surface area contributed by atoms with Gasteiger partial charge in [0.25, 0.3) is 0 Å². The van der Waals surface area contributed by atoms with Crippen molar-refractivity contribution in [1.82, 2.24) is 5.32 Å². The monoisotopic (exact) mass is 330 g/mol. The number of carboxylic acid groups (broad SMARTS) is 1. The van der Waals surface area contributed by atoms with Crippen LogP contribution in [0.1, 0.15) is 13.8 Å². The second-order valence-electron chi connectivity index (χ2n) is 4.36. The summed E-state index contributed by atoms with van der Waals surface area (Å²) in [7, 11) is 1.54. The molecule has 0 saturated carbocycles. The molecule has 0 bridgehead atoms. The number of nitrogens with one attached hydrogen (secondary N) is 2. The predicted molar refractivity (Wildman–Crippen MR) is 74.6 cm³/mol. The lowest BCUT2D eigenvalue weighted by Crippen LogP contribution is -2.51. The quantitative estimate of drug-likeness (QED) is 0.791. The van der Waals surface area contributed by atoms with Crippen LogP contribution in [-0.4, -0.2) is 29.8 Å². The summed E-state index contributed by atoms with van der Waals surface area (Å²) in [6.45, 7) is 2.80. The van der Waals surface area contributed by atoms with Crippen molar-refractivity contribution < 1.29 is 19.4 Å². The smallest absolute Gasteiger partial charge is 0.328 e. The van der Waals surface area contributed by atoms with Crippen LogP contribution in [0.4, 0.5) is 10.5 Å². The molecule has 7 heteroatoms. The van der Waals surface area contributed by atoms with Crippen molar-refractivity contribution in [1.29, 1.82) is 0 Å². The summed E-state index contributed by atoms with van der Waals surface area (Å²) >= 11 is 3.29. The molecule has 0 atom stereocenters. The Kier molecular flexibility index (Phi) is 4.77. The molecule has 19 heavy (non-hydrogen) atoms. The molecule has 2 amide bonds. The average Bonchev–Trinajstić information content (AvgIpc) is 2.28. The van der Waals surface area contributed by atoms with Gasteiger partial charge in [0.05, 0.1) is 11.6 Å². The summed E-state index contributed by atoms with van der Waals surface area (Å²) in [6.07, 6.45) is 0. The number of hydrogen-bond donors (Lipinski definition) is 3. The van der Waals surface area contributed by atoms with Crippen LogP contribution in [0.5, 0.6) is 5.75 Å². The van der Waals surface area contributed by atoms with E-state index in [1.54, 1.807) is 18.2 Å². The number of carboxylic acids is 1. The van der Waals surface area contributed by atoms with E-state index in [0.29, 0.717) is 15.9 Å². The Balaban J connectivity index is 2.73. The molecule has 1 aromatic carbocycles. The molecule has 1 rings (SSSR count). The van der Waals surface area contributed by atoms with E-state index in [4.69, 9.17) is 9.84 Å². The molecule has 0 aliphatic carbocycles. The number of rotatable bonds is 4. The molecule has 6 nitrogen and oxygen atoms in total. The highest BCUT2D eigenvalue weighted by Gasteiger charge is 2.28. The van der Waals surface area contributed by atoms with Crippen LogP contribution in [0.25, 0.3) is 0 Å². The third-order valence-electron chi connectivity index (χ3n) is 2.37. The topological polar surface area (TPSA) is 87.7 Å². The van der Waals surface area contributed by atoms with Gasteiger partial charge in [-0.1, -0.05) is 0 Å². The van der Waals surface area contributed by atoms with Crippen molar-refractivity contribution in [3.8, 4) is 5.75 Å². The molecule has 1 aromatic rings. The van der Waals surface area contributed by atoms with Crippen molar-refractivity contribution in [3.63, 3.8) is 0 Å². The van der Waals surface area contributed by atoms with Crippen LogP contribution in [0.2, 0.25) is 0 Å². The molecule has 0 radical (unpaired) electrons. The summed E-state index contributed by atoms with van der Waals surface area (Å²) in [5.41, 5.74) is -0.820. The van der Waals surface area contributed by atoms with E-state index in [-0.39, 0.29) is 0 Å². The third-order valence-corrected chi connectivity index (χ3v) is 2.99.